The zero-order valence-electron chi connectivity index (χ0n) is 13.0. The molecule has 1 heterocycles. The van der Waals surface area contributed by atoms with Gasteiger partial charge in [0.2, 0.25) is 5.75 Å². The molecule has 1 aliphatic heterocycles. The standard InChI is InChI=1S/C16H19NO5/c1-4-7-22-15-13(19-2)10-12(11-14(15)20-3)16(18)17-5-8-21-9-6-17/h10-11H,5-6,8-9H2,1-3H3. The van der Waals surface area contributed by atoms with E-state index in [4.69, 9.17) is 18.9 Å². The van der Waals surface area contributed by atoms with Crippen LogP contribution in [0.2, 0.25) is 0 Å². The second-order valence-corrected chi connectivity index (χ2v) is 4.57. The molecule has 0 radical (unpaired) electrons. The van der Waals surface area contributed by atoms with Crippen LogP contribution < -0.4 is 14.2 Å². The quantitative estimate of drug-likeness (QED) is 0.790. The highest BCUT2D eigenvalue weighted by molar-refractivity contribution is 5.95. The number of rotatable bonds is 4. The fraction of sp³-hybridized carbons (Fsp3) is 0.438. The average Bonchev–Trinajstić information content (AvgIpc) is 2.59. The molecule has 22 heavy (non-hydrogen) atoms. The van der Waals surface area contributed by atoms with Crippen LogP contribution in [0.15, 0.2) is 12.1 Å². The minimum Gasteiger partial charge on any atom is -0.493 e. The van der Waals surface area contributed by atoms with Crippen molar-refractivity contribution in [2.24, 2.45) is 0 Å². The van der Waals surface area contributed by atoms with Crippen molar-refractivity contribution in [3.63, 3.8) is 0 Å². The first kappa shape index (κ1) is 16.0. The maximum absolute atomic E-state index is 12.6. The number of carbonyl (C=O) groups is 1. The SMILES string of the molecule is CC#COc1c(OC)cc(C(=O)N2CCOCC2)cc1OC. The van der Waals surface area contributed by atoms with E-state index in [9.17, 15) is 4.79 Å². The first-order chi connectivity index (χ1) is 10.7. The molecule has 0 aromatic heterocycles. The Balaban J connectivity index is 2.35. The van der Waals surface area contributed by atoms with Gasteiger partial charge in [-0.05, 0) is 12.1 Å². The van der Waals surface area contributed by atoms with Crippen molar-refractivity contribution in [2.75, 3.05) is 40.5 Å². The Bertz CT molecular complexity index is 571. The molecule has 0 bridgehead atoms. The summed E-state index contributed by atoms with van der Waals surface area (Å²) in [4.78, 5) is 14.3. The van der Waals surface area contributed by atoms with Crippen LogP contribution in [0.3, 0.4) is 0 Å². The molecule has 2 rings (SSSR count). The molecule has 0 unspecified atom stereocenters. The van der Waals surface area contributed by atoms with Gasteiger partial charge >= 0.3 is 0 Å². The van der Waals surface area contributed by atoms with Gasteiger partial charge in [0.1, 0.15) is 6.11 Å². The number of hydrogen-bond acceptors (Lipinski definition) is 5. The lowest BCUT2D eigenvalue weighted by Gasteiger charge is -2.27. The first-order valence-electron chi connectivity index (χ1n) is 6.93. The Morgan fingerprint density at radius 3 is 2.27 bits per heavy atom. The maximum atomic E-state index is 12.6. The summed E-state index contributed by atoms with van der Waals surface area (Å²) in [6.07, 6.45) is 2.50. The normalized spacial score (nSPS) is 13.9. The van der Waals surface area contributed by atoms with Gasteiger partial charge < -0.3 is 23.8 Å². The van der Waals surface area contributed by atoms with Crippen molar-refractivity contribution in [2.45, 2.75) is 6.92 Å². The Labute approximate surface area is 129 Å². The molecule has 1 aliphatic rings. The maximum Gasteiger partial charge on any atom is 0.254 e. The molecule has 6 heteroatoms. The second kappa shape index (κ2) is 7.57. The van der Waals surface area contributed by atoms with Crippen molar-refractivity contribution < 1.29 is 23.7 Å². The Morgan fingerprint density at radius 2 is 1.77 bits per heavy atom. The van der Waals surface area contributed by atoms with Crippen molar-refractivity contribution in [3.8, 4) is 29.3 Å². The highest BCUT2D eigenvalue weighted by Gasteiger charge is 2.22. The Kier molecular flexibility index (Phi) is 5.50. The number of carbonyl (C=O) groups excluding carboxylic acids is 1. The van der Waals surface area contributed by atoms with E-state index in [1.807, 2.05) is 0 Å². The van der Waals surface area contributed by atoms with Gasteiger partial charge in [0, 0.05) is 25.6 Å². The summed E-state index contributed by atoms with van der Waals surface area (Å²) in [5.41, 5.74) is 0.479. The zero-order valence-corrected chi connectivity index (χ0v) is 13.0. The lowest BCUT2D eigenvalue weighted by atomic mass is 10.1. The summed E-state index contributed by atoms with van der Waals surface area (Å²) in [6, 6.07) is 3.26. The summed E-state index contributed by atoms with van der Waals surface area (Å²) in [7, 11) is 3.01. The van der Waals surface area contributed by atoms with Crippen molar-refractivity contribution >= 4 is 5.91 Å². The smallest absolute Gasteiger partial charge is 0.254 e. The van der Waals surface area contributed by atoms with E-state index in [1.54, 1.807) is 24.0 Å². The first-order valence-corrected chi connectivity index (χ1v) is 6.93. The van der Waals surface area contributed by atoms with Crippen molar-refractivity contribution in [1.29, 1.82) is 0 Å². The minimum atomic E-state index is -0.0898. The van der Waals surface area contributed by atoms with Crippen LogP contribution in [0.25, 0.3) is 0 Å². The van der Waals surface area contributed by atoms with Gasteiger partial charge in [0.25, 0.3) is 5.91 Å². The highest BCUT2D eigenvalue weighted by Crippen LogP contribution is 2.38. The summed E-state index contributed by atoms with van der Waals surface area (Å²) in [5, 5.41) is 0. The largest absolute Gasteiger partial charge is 0.493 e. The number of amides is 1. The second-order valence-electron chi connectivity index (χ2n) is 4.57. The van der Waals surface area contributed by atoms with E-state index in [2.05, 4.69) is 12.0 Å². The summed E-state index contributed by atoms with van der Waals surface area (Å²) >= 11 is 0. The van der Waals surface area contributed by atoms with Gasteiger partial charge in [-0.3, -0.25) is 4.79 Å². The molecule has 118 valence electrons. The van der Waals surface area contributed by atoms with E-state index in [0.717, 1.165) is 0 Å². The third-order valence-corrected chi connectivity index (χ3v) is 3.26. The topological polar surface area (TPSA) is 57.2 Å². The fourth-order valence-corrected chi connectivity index (χ4v) is 2.16. The zero-order chi connectivity index (χ0) is 15.9. The lowest BCUT2D eigenvalue weighted by Crippen LogP contribution is -2.40. The molecule has 6 nitrogen and oxygen atoms in total. The summed E-state index contributed by atoms with van der Waals surface area (Å²) in [5.74, 6) is 3.71. The van der Waals surface area contributed by atoms with Gasteiger partial charge in [-0.2, -0.15) is 0 Å². The number of hydrogen-bond donors (Lipinski definition) is 0. The van der Waals surface area contributed by atoms with E-state index < -0.39 is 0 Å². The molecule has 0 N–H and O–H groups in total. The molecule has 0 aliphatic carbocycles. The molecule has 1 aromatic rings. The van der Waals surface area contributed by atoms with Gasteiger partial charge in [-0.15, -0.1) is 0 Å². The van der Waals surface area contributed by atoms with Gasteiger partial charge in [0.15, 0.2) is 11.5 Å². The third-order valence-electron chi connectivity index (χ3n) is 3.26. The molecular formula is C16H19NO5. The Hall–Kier alpha value is -2.39. The summed E-state index contributed by atoms with van der Waals surface area (Å²) < 4.78 is 21.2. The molecule has 0 saturated carbocycles. The molecule has 1 aromatic carbocycles. The number of nitrogens with zero attached hydrogens (tertiary/aromatic N) is 1. The fourth-order valence-electron chi connectivity index (χ4n) is 2.16. The van der Waals surface area contributed by atoms with Crippen LogP contribution in [0.1, 0.15) is 17.3 Å². The van der Waals surface area contributed by atoms with Crippen molar-refractivity contribution in [3.05, 3.63) is 17.7 Å². The predicted molar refractivity (Wildman–Crippen MR) is 80.3 cm³/mol. The van der Waals surface area contributed by atoms with Gasteiger partial charge in [-0.1, -0.05) is 5.92 Å². The summed E-state index contributed by atoms with van der Waals surface area (Å²) in [6.45, 7) is 3.90. The van der Waals surface area contributed by atoms with Gasteiger partial charge in [-0.25, -0.2) is 0 Å². The van der Waals surface area contributed by atoms with Crippen LogP contribution in [-0.4, -0.2) is 51.3 Å². The number of methoxy groups -OCH3 is 2. The molecule has 0 atom stereocenters. The molecule has 1 amide bonds. The van der Waals surface area contributed by atoms with E-state index >= 15 is 0 Å². The number of ether oxygens (including phenoxy) is 4. The van der Waals surface area contributed by atoms with Crippen molar-refractivity contribution in [1.82, 2.24) is 4.90 Å². The van der Waals surface area contributed by atoms with Gasteiger partial charge in [0.05, 0.1) is 27.4 Å². The minimum absolute atomic E-state index is 0.0898. The third kappa shape index (κ3) is 3.43. The van der Waals surface area contributed by atoms with E-state index in [0.29, 0.717) is 49.1 Å². The van der Waals surface area contributed by atoms with Crippen LogP contribution in [0.5, 0.6) is 17.2 Å². The van der Waals surface area contributed by atoms with E-state index in [-0.39, 0.29) is 5.91 Å². The lowest BCUT2D eigenvalue weighted by molar-refractivity contribution is 0.0302. The molecular weight excluding hydrogens is 286 g/mol. The number of morpholine rings is 1. The van der Waals surface area contributed by atoms with E-state index in [1.165, 1.54) is 14.2 Å². The molecule has 0 spiro atoms. The van der Waals surface area contributed by atoms with Crippen LogP contribution in [0, 0.1) is 12.0 Å². The molecule has 1 saturated heterocycles. The Morgan fingerprint density at radius 1 is 1.18 bits per heavy atom. The predicted octanol–water partition coefficient (Wildman–Crippen LogP) is 1.54. The van der Waals surface area contributed by atoms with Crippen LogP contribution in [0.4, 0.5) is 0 Å². The van der Waals surface area contributed by atoms with Crippen LogP contribution >= 0.6 is 0 Å². The average molecular weight is 305 g/mol. The molecule has 1 fully saturated rings. The highest BCUT2D eigenvalue weighted by atomic mass is 16.5. The number of benzene rings is 1. The monoisotopic (exact) mass is 305 g/mol. The van der Waals surface area contributed by atoms with Crippen LogP contribution in [-0.2, 0) is 4.74 Å².